The molecule has 1 aliphatic heterocycles. The molecule has 2 heterocycles. The summed E-state index contributed by atoms with van der Waals surface area (Å²) in [6, 6.07) is 0.184. The van der Waals surface area contributed by atoms with E-state index in [1.54, 1.807) is 0 Å². The lowest BCUT2D eigenvalue weighted by molar-refractivity contribution is 0.0730. The number of ether oxygens (including phenoxy) is 1. The van der Waals surface area contributed by atoms with Crippen molar-refractivity contribution in [3.05, 3.63) is 11.6 Å². The Balaban J connectivity index is 2.19. The first-order chi connectivity index (χ1) is 7.18. The third kappa shape index (κ3) is 2.18. The van der Waals surface area contributed by atoms with Crippen LogP contribution in [0.3, 0.4) is 0 Å². The highest BCUT2D eigenvalue weighted by Crippen LogP contribution is 2.16. The SMILES string of the molecule is CC(C)c1nc(C2COCCN2)n(C)n1. The van der Waals surface area contributed by atoms with E-state index in [4.69, 9.17) is 4.74 Å². The molecule has 2 rings (SSSR count). The quantitative estimate of drug-likeness (QED) is 0.776. The van der Waals surface area contributed by atoms with Crippen LogP contribution in [-0.2, 0) is 11.8 Å². The van der Waals surface area contributed by atoms with Gasteiger partial charge < -0.3 is 10.1 Å². The fraction of sp³-hybridized carbons (Fsp3) is 0.800. The predicted molar refractivity (Wildman–Crippen MR) is 56.7 cm³/mol. The third-order valence-corrected chi connectivity index (χ3v) is 2.56. The topological polar surface area (TPSA) is 52.0 Å². The molecular weight excluding hydrogens is 192 g/mol. The van der Waals surface area contributed by atoms with Crippen LogP contribution in [0.5, 0.6) is 0 Å². The van der Waals surface area contributed by atoms with Crippen molar-refractivity contribution >= 4 is 0 Å². The second-order valence-electron chi connectivity index (χ2n) is 4.19. The maximum atomic E-state index is 5.42. The second kappa shape index (κ2) is 4.28. The number of aromatic nitrogens is 3. The van der Waals surface area contributed by atoms with E-state index in [2.05, 4.69) is 29.2 Å². The maximum absolute atomic E-state index is 5.42. The van der Waals surface area contributed by atoms with Crippen LogP contribution in [0, 0.1) is 0 Å². The zero-order chi connectivity index (χ0) is 10.8. The van der Waals surface area contributed by atoms with Crippen LogP contribution >= 0.6 is 0 Å². The number of nitrogens with zero attached hydrogens (tertiary/aromatic N) is 3. The molecular formula is C10H18N4O. The van der Waals surface area contributed by atoms with E-state index in [0.717, 1.165) is 24.8 Å². The van der Waals surface area contributed by atoms with Gasteiger partial charge in [-0.3, -0.25) is 4.68 Å². The lowest BCUT2D eigenvalue weighted by Crippen LogP contribution is -2.36. The van der Waals surface area contributed by atoms with Crippen molar-refractivity contribution in [2.24, 2.45) is 7.05 Å². The van der Waals surface area contributed by atoms with Crippen LogP contribution in [-0.4, -0.2) is 34.5 Å². The van der Waals surface area contributed by atoms with Gasteiger partial charge in [-0.05, 0) is 0 Å². The monoisotopic (exact) mass is 210 g/mol. The fourth-order valence-corrected chi connectivity index (χ4v) is 1.70. The predicted octanol–water partition coefficient (Wildman–Crippen LogP) is 0.599. The largest absolute Gasteiger partial charge is 0.378 e. The van der Waals surface area contributed by atoms with Gasteiger partial charge >= 0.3 is 0 Å². The van der Waals surface area contributed by atoms with Crippen LogP contribution in [0.2, 0.25) is 0 Å². The molecule has 1 aromatic rings. The van der Waals surface area contributed by atoms with Crippen molar-refractivity contribution in [3.63, 3.8) is 0 Å². The summed E-state index contributed by atoms with van der Waals surface area (Å²) in [6.45, 7) is 6.55. The summed E-state index contributed by atoms with van der Waals surface area (Å²) in [5.74, 6) is 2.24. The van der Waals surface area contributed by atoms with Crippen molar-refractivity contribution in [1.82, 2.24) is 20.1 Å². The smallest absolute Gasteiger partial charge is 0.153 e. The molecule has 5 nitrogen and oxygen atoms in total. The van der Waals surface area contributed by atoms with E-state index in [9.17, 15) is 0 Å². The van der Waals surface area contributed by atoms with Gasteiger partial charge in [0.2, 0.25) is 0 Å². The summed E-state index contributed by atoms with van der Waals surface area (Å²) < 4.78 is 7.27. The summed E-state index contributed by atoms with van der Waals surface area (Å²) in [4.78, 5) is 4.54. The lowest BCUT2D eigenvalue weighted by atomic mass is 10.2. The summed E-state index contributed by atoms with van der Waals surface area (Å²) in [5, 5.41) is 7.78. The molecule has 1 atom stereocenters. The maximum Gasteiger partial charge on any atom is 0.153 e. The summed E-state index contributed by atoms with van der Waals surface area (Å²) >= 11 is 0. The Morgan fingerprint density at radius 1 is 1.53 bits per heavy atom. The van der Waals surface area contributed by atoms with E-state index in [-0.39, 0.29) is 6.04 Å². The molecule has 0 aliphatic carbocycles. The normalized spacial score (nSPS) is 22.3. The molecule has 1 fully saturated rings. The van der Waals surface area contributed by atoms with E-state index in [0.29, 0.717) is 12.5 Å². The Labute approximate surface area is 89.8 Å². The molecule has 84 valence electrons. The zero-order valence-electron chi connectivity index (χ0n) is 9.53. The highest BCUT2D eigenvalue weighted by atomic mass is 16.5. The van der Waals surface area contributed by atoms with Gasteiger partial charge in [-0.2, -0.15) is 5.10 Å². The third-order valence-electron chi connectivity index (χ3n) is 2.56. The van der Waals surface area contributed by atoms with Crippen LogP contribution in [0.1, 0.15) is 37.5 Å². The van der Waals surface area contributed by atoms with E-state index >= 15 is 0 Å². The van der Waals surface area contributed by atoms with Crippen molar-refractivity contribution in [2.45, 2.75) is 25.8 Å². The number of morpholine rings is 1. The van der Waals surface area contributed by atoms with Gasteiger partial charge in [0.15, 0.2) is 5.82 Å². The van der Waals surface area contributed by atoms with Crippen molar-refractivity contribution in [1.29, 1.82) is 0 Å². The first-order valence-corrected chi connectivity index (χ1v) is 5.40. The van der Waals surface area contributed by atoms with Gasteiger partial charge in [0.05, 0.1) is 19.3 Å². The van der Waals surface area contributed by atoms with Gasteiger partial charge in [0.25, 0.3) is 0 Å². The van der Waals surface area contributed by atoms with Crippen molar-refractivity contribution < 1.29 is 4.74 Å². The van der Waals surface area contributed by atoms with Crippen LogP contribution < -0.4 is 5.32 Å². The van der Waals surface area contributed by atoms with Gasteiger partial charge in [-0.15, -0.1) is 0 Å². The molecule has 1 unspecified atom stereocenters. The Morgan fingerprint density at radius 2 is 2.33 bits per heavy atom. The lowest BCUT2D eigenvalue weighted by Gasteiger charge is -2.22. The molecule has 1 aromatic heterocycles. The minimum atomic E-state index is 0.184. The van der Waals surface area contributed by atoms with E-state index in [1.807, 2.05) is 11.7 Å². The summed E-state index contributed by atoms with van der Waals surface area (Å²) in [6.07, 6.45) is 0. The van der Waals surface area contributed by atoms with Crippen LogP contribution in [0.4, 0.5) is 0 Å². The Kier molecular flexibility index (Phi) is 3.02. The minimum absolute atomic E-state index is 0.184. The first-order valence-electron chi connectivity index (χ1n) is 5.40. The Bertz CT molecular complexity index is 328. The van der Waals surface area contributed by atoms with Gasteiger partial charge in [-0.1, -0.05) is 13.8 Å². The minimum Gasteiger partial charge on any atom is -0.378 e. The van der Waals surface area contributed by atoms with Gasteiger partial charge in [0, 0.05) is 19.5 Å². The van der Waals surface area contributed by atoms with Gasteiger partial charge in [-0.25, -0.2) is 4.98 Å². The molecule has 0 aromatic carbocycles. The fourth-order valence-electron chi connectivity index (χ4n) is 1.70. The van der Waals surface area contributed by atoms with Crippen LogP contribution in [0.15, 0.2) is 0 Å². The average Bonchev–Trinajstić information content (AvgIpc) is 2.62. The molecule has 0 spiro atoms. The van der Waals surface area contributed by atoms with E-state index in [1.165, 1.54) is 0 Å². The van der Waals surface area contributed by atoms with Crippen molar-refractivity contribution in [3.8, 4) is 0 Å². The number of hydrogen-bond acceptors (Lipinski definition) is 4. The molecule has 5 heteroatoms. The number of hydrogen-bond donors (Lipinski definition) is 1. The summed E-state index contributed by atoms with van der Waals surface area (Å²) in [7, 11) is 1.94. The second-order valence-corrected chi connectivity index (χ2v) is 4.19. The Morgan fingerprint density at radius 3 is 2.87 bits per heavy atom. The average molecular weight is 210 g/mol. The summed E-state index contributed by atoms with van der Waals surface area (Å²) in [5.41, 5.74) is 0. The zero-order valence-corrected chi connectivity index (χ0v) is 9.53. The molecule has 0 radical (unpaired) electrons. The molecule has 1 saturated heterocycles. The van der Waals surface area contributed by atoms with Gasteiger partial charge in [0.1, 0.15) is 5.82 Å². The molecule has 1 N–H and O–H groups in total. The first kappa shape index (κ1) is 10.6. The Hall–Kier alpha value is -0.940. The molecule has 1 aliphatic rings. The number of nitrogens with one attached hydrogen (secondary N) is 1. The van der Waals surface area contributed by atoms with Crippen molar-refractivity contribution in [2.75, 3.05) is 19.8 Å². The number of aryl methyl sites for hydroxylation is 1. The van der Waals surface area contributed by atoms with E-state index < -0.39 is 0 Å². The molecule has 0 bridgehead atoms. The highest BCUT2D eigenvalue weighted by molar-refractivity contribution is 5.02. The molecule has 0 amide bonds. The van der Waals surface area contributed by atoms with Crippen LogP contribution in [0.25, 0.3) is 0 Å². The molecule has 15 heavy (non-hydrogen) atoms. The standard InChI is InChI=1S/C10H18N4O/c1-7(2)9-12-10(14(3)13-9)8-6-15-5-4-11-8/h7-8,11H,4-6H2,1-3H3. The number of rotatable bonds is 2. The molecule has 0 saturated carbocycles. The highest BCUT2D eigenvalue weighted by Gasteiger charge is 2.21.